The van der Waals surface area contributed by atoms with Gasteiger partial charge in [0, 0.05) is 18.3 Å². The number of amides is 2. The lowest BCUT2D eigenvalue weighted by Gasteiger charge is -2.28. The molecule has 0 saturated heterocycles. The second-order valence-electron chi connectivity index (χ2n) is 6.46. The van der Waals surface area contributed by atoms with Gasteiger partial charge in [-0.25, -0.2) is 9.78 Å². The Labute approximate surface area is 146 Å². The van der Waals surface area contributed by atoms with Crippen molar-refractivity contribution in [3.8, 4) is 5.75 Å². The minimum atomic E-state index is -0.0953. The Kier molecular flexibility index (Phi) is 5.04. The number of nitrogens with one attached hydrogen (secondary N) is 1. The SMILES string of the molecule is CC(C)c1nc(CN(C)C(=O)N[C@@H]2COc3ccccc3C2)cs1. The first-order valence-electron chi connectivity index (χ1n) is 8.19. The Bertz CT molecular complexity index is 714. The summed E-state index contributed by atoms with van der Waals surface area (Å²) in [6, 6.07) is 7.87. The van der Waals surface area contributed by atoms with Crippen LogP contribution in [0.1, 0.15) is 36.0 Å². The first-order chi connectivity index (χ1) is 11.5. The number of urea groups is 1. The summed E-state index contributed by atoms with van der Waals surface area (Å²) >= 11 is 1.65. The molecule has 0 fully saturated rings. The van der Waals surface area contributed by atoms with Gasteiger partial charge in [0.2, 0.25) is 0 Å². The first kappa shape index (κ1) is 16.8. The lowest BCUT2D eigenvalue weighted by molar-refractivity contribution is 0.187. The largest absolute Gasteiger partial charge is 0.491 e. The number of aromatic nitrogens is 1. The number of carbonyl (C=O) groups excluding carboxylic acids is 1. The zero-order valence-corrected chi connectivity index (χ0v) is 15.1. The molecule has 1 aliphatic rings. The highest BCUT2D eigenvalue weighted by Crippen LogP contribution is 2.24. The molecule has 0 aliphatic carbocycles. The van der Waals surface area contributed by atoms with Crippen molar-refractivity contribution in [2.45, 2.75) is 38.8 Å². The summed E-state index contributed by atoms with van der Waals surface area (Å²) in [6.45, 7) is 5.27. The second kappa shape index (κ2) is 7.21. The van der Waals surface area contributed by atoms with Gasteiger partial charge in [0.1, 0.15) is 12.4 Å². The van der Waals surface area contributed by atoms with Crippen LogP contribution in [-0.4, -0.2) is 35.6 Å². The third kappa shape index (κ3) is 3.87. The maximum Gasteiger partial charge on any atom is 0.317 e. The Hall–Kier alpha value is -2.08. The van der Waals surface area contributed by atoms with Crippen molar-refractivity contribution >= 4 is 17.4 Å². The zero-order valence-electron chi connectivity index (χ0n) is 14.3. The maximum absolute atomic E-state index is 12.4. The molecule has 0 saturated carbocycles. The Morgan fingerprint density at radius 2 is 2.25 bits per heavy atom. The molecule has 3 rings (SSSR count). The smallest absolute Gasteiger partial charge is 0.317 e. The molecule has 1 aromatic heterocycles. The second-order valence-corrected chi connectivity index (χ2v) is 7.35. The molecule has 5 nitrogen and oxygen atoms in total. The van der Waals surface area contributed by atoms with Gasteiger partial charge in [-0.3, -0.25) is 0 Å². The molecule has 1 aromatic carbocycles. The summed E-state index contributed by atoms with van der Waals surface area (Å²) in [5, 5.41) is 6.18. The average Bonchev–Trinajstić information content (AvgIpc) is 3.03. The molecule has 6 heteroatoms. The van der Waals surface area contributed by atoms with Crippen LogP contribution in [0.2, 0.25) is 0 Å². The van der Waals surface area contributed by atoms with Crippen LogP contribution in [0.5, 0.6) is 5.75 Å². The third-order valence-electron chi connectivity index (χ3n) is 4.02. The van der Waals surface area contributed by atoms with Crippen molar-refractivity contribution in [1.29, 1.82) is 0 Å². The standard InChI is InChI=1S/C18H23N3O2S/c1-12(2)17-19-15(11-24-17)9-21(3)18(22)20-14-8-13-6-4-5-7-16(13)23-10-14/h4-7,11-12,14H,8-10H2,1-3H3,(H,20,22)/t14-/m0/s1. The summed E-state index contributed by atoms with van der Waals surface area (Å²) in [7, 11) is 1.79. The van der Waals surface area contributed by atoms with E-state index in [0.717, 1.165) is 28.4 Å². The van der Waals surface area contributed by atoms with Gasteiger partial charge in [-0.1, -0.05) is 32.0 Å². The average molecular weight is 345 g/mol. The first-order valence-corrected chi connectivity index (χ1v) is 9.07. The highest BCUT2D eigenvalue weighted by atomic mass is 32.1. The Morgan fingerprint density at radius 3 is 3.00 bits per heavy atom. The summed E-state index contributed by atoms with van der Waals surface area (Å²) in [6.07, 6.45) is 0.796. The van der Waals surface area contributed by atoms with E-state index in [9.17, 15) is 4.79 Å². The number of para-hydroxylation sites is 1. The van der Waals surface area contributed by atoms with Gasteiger partial charge in [-0.15, -0.1) is 11.3 Å². The van der Waals surface area contributed by atoms with E-state index < -0.39 is 0 Å². The molecule has 1 N–H and O–H groups in total. The number of thiazole rings is 1. The molecule has 0 unspecified atom stereocenters. The van der Waals surface area contributed by atoms with E-state index in [-0.39, 0.29) is 12.1 Å². The number of carbonyl (C=O) groups is 1. The Balaban J connectivity index is 1.55. The molecule has 1 atom stereocenters. The maximum atomic E-state index is 12.4. The van der Waals surface area contributed by atoms with E-state index >= 15 is 0 Å². The van der Waals surface area contributed by atoms with E-state index in [1.165, 1.54) is 0 Å². The molecule has 2 heterocycles. The van der Waals surface area contributed by atoms with Crippen molar-refractivity contribution in [1.82, 2.24) is 15.2 Å². The number of ether oxygens (including phenoxy) is 1. The molecule has 128 valence electrons. The number of nitrogens with zero attached hydrogens (tertiary/aromatic N) is 2. The van der Waals surface area contributed by atoms with Crippen LogP contribution in [0.15, 0.2) is 29.6 Å². The highest BCUT2D eigenvalue weighted by molar-refractivity contribution is 7.09. The van der Waals surface area contributed by atoms with E-state index in [1.807, 2.05) is 29.6 Å². The summed E-state index contributed by atoms with van der Waals surface area (Å²) in [5.41, 5.74) is 2.07. The fraction of sp³-hybridized carbons (Fsp3) is 0.444. The number of rotatable bonds is 4. The fourth-order valence-electron chi connectivity index (χ4n) is 2.68. The summed E-state index contributed by atoms with van der Waals surface area (Å²) < 4.78 is 5.72. The Morgan fingerprint density at radius 1 is 1.46 bits per heavy atom. The van der Waals surface area contributed by atoms with Gasteiger partial charge in [-0.05, 0) is 18.1 Å². The molecular weight excluding hydrogens is 322 g/mol. The predicted molar refractivity (Wildman–Crippen MR) is 95.6 cm³/mol. The van der Waals surface area contributed by atoms with Gasteiger partial charge in [0.05, 0.1) is 23.3 Å². The monoisotopic (exact) mass is 345 g/mol. The summed E-state index contributed by atoms with van der Waals surface area (Å²) in [5.74, 6) is 1.34. The minimum absolute atomic E-state index is 0.00323. The molecular formula is C18H23N3O2S. The van der Waals surface area contributed by atoms with E-state index in [1.54, 1.807) is 23.3 Å². The topological polar surface area (TPSA) is 54.5 Å². The van der Waals surface area contributed by atoms with Crippen LogP contribution in [0.3, 0.4) is 0 Å². The van der Waals surface area contributed by atoms with Crippen LogP contribution in [-0.2, 0) is 13.0 Å². The van der Waals surface area contributed by atoms with Gasteiger partial charge < -0.3 is 15.0 Å². The zero-order chi connectivity index (χ0) is 17.1. The number of hydrogen-bond donors (Lipinski definition) is 1. The van der Waals surface area contributed by atoms with Crippen LogP contribution in [0.25, 0.3) is 0 Å². The van der Waals surface area contributed by atoms with Crippen LogP contribution in [0.4, 0.5) is 4.79 Å². The lowest BCUT2D eigenvalue weighted by atomic mass is 10.0. The molecule has 1 aliphatic heterocycles. The van der Waals surface area contributed by atoms with E-state index in [2.05, 4.69) is 24.1 Å². The van der Waals surface area contributed by atoms with Crippen molar-refractivity contribution in [3.05, 3.63) is 45.9 Å². The minimum Gasteiger partial charge on any atom is -0.491 e. The molecule has 2 amide bonds. The molecule has 0 bridgehead atoms. The molecule has 2 aromatic rings. The van der Waals surface area contributed by atoms with Crippen molar-refractivity contribution in [2.75, 3.05) is 13.7 Å². The quantitative estimate of drug-likeness (QED) is 0.924. The third-order valence-corrected chi connectivity index (χ3v) is 5.21. The summed E-state index contributed by atoms with van der Waals surface area (Å²) in [4.78, 5) is 18.7. The molecule has 0 spiro atoms. The van der Waals surface area contributed by atoms with E-state index in [4.69, 9.17) is 4.74 Å². The van der Waals surface area contributed by atoms with E-state index in [0.29, 0.717) is 19.1 Å². The fourth-order valence-corrected chi connectivity index (χ4v) is 3.51. The number of benzene rings is 1. The van der Waals surface area contributed by atoms with Crippen molar-refractivity contribution < 1.29 is 9.53 Å². The van der Waals surface area contributed by atoms with Gasteiger partial charge >= 0.3 is 6.03 Å². The number of hydrogen-bond acceptors (Lipinski definition) is 4. The van der Waals surface area contributed by atoms with Gasteiger partial charge in [-0.2, -0.15) is 0 Å². The predicted octanol–water partition coefficient (Wildman–Crippen LogP) is 3.41. The van der Waals surface area contributed by atoms with Gasteiger partial charge in [0.25, 0.3) is 0 Å². The normalized spacial score (nSPS) is 16.4. The highest BCUT2D eigenvalue weighted by Gasteiger charge is 2.22. The van der Waals surface area contributed by atoms with Crippen molar-refractivity contribution in [2.24, 2.45) is 0 Å². The number of fused-ring (bicyclic) bond motifs is 1. The van der Waals surface area contributed by atoms with Crippen LogP contribution >= 0.6 is 11.3 Å². The van der Waals surface area contributed by atoms with Crippen molar-refractivity contribution in [3.63, 3.8) is 0 Å². The van der Waals surface area contributed by atoms with Crippen LogP contribution in [0, 0.1) is 0 Å². The lowest BCUT2D eigenvalue weighted by Crippen LogP contribution is -2.47. The van der Waals surface area contributed by atoms with Gasteiger partial charge in [0.15, 0.2) is 0 Å². The van der Waals surface area contributed by atoms with Crippen LogP contribution < -0.4 is 10.1 Å². The molecule has 0 radical (unpaired) electrons. The molecule has 24 heavy (non-hydrogen) atoms.